The van der Waals surface area contributed by atoms with Crippen LogP contribution in [0.1, 0.15) is 18.2 Å². The van der Waals surface area contributed by atoms with Crippen molar-refractivity contribution in [2.45, 2.75) is 20.3 Å². The van der Waals surface area contributed by atoms with Gasteiger partial charge >= 0.3 is 0 Å². The summed E-state index contributed by atoms with van der Waals surface area (Å²) >= 11 is 5.80. The molecule has 0 aliphatic carbocycles. The Hall–Kier alpha value is -1.61. The van der Waals surface area contributed by atoms with Gasteiger partial charge in [-0.3, -0.25) is 0 Å². The molecule has 0 radical (unpaired) electrons. The molecule has 0 saturated heterocycles. The number of hydrogen-bond donors (Lipinski definition) is 1. The summed E-state index contributed by atoms with van der Waals surface area (Å²) in [5.74, 6) is 0.715. The Morgan fingerprint density at radius 2 is 1.88 bits per heavy atom. The standard InChI is InChI=1S/C13H14ClN3/c1-3-10-4-6-11(7-5-10)16-12-8-9(2)15-13(14)17-12/h4-8H,3H2,1-2H3,(H,15,16,17). The Bertz CT molecular complexity index is 488. The molecule has 2 aromatic rings. The highest BCUT2D eigenvalue weighted by molar-refractivity contribution is 6.28. The van der Waals surface area contributed by atoms with Gasteiger partial charge < -0.3 is 5.32 Å². The maximum absolute atomic E-state index is 5.80. The van der Waals surface area contributed by atoms with E-state index in [1.165, 1.54) is 5.56 Å². The van der Waals surface area contributed by atoms with Crippen LogP contribution in [0.15, 0.2) is 30.3 Å². The average Bonchev–Trinajstić information content (AvgIpc) is 2.28. The third-order valence-electron chi connectivity index (χ3n) is 2.46. The number of hydrogen-bond acceptors (Lipinski definition) is 3. The van der Waals surface area contributed by atoms with E-state index in [2.05, 4.69) is 34.3 Å². The van der Waals surface area contributed by atoms with Gasteiger partial charge in [0, 0.05) is 17.4 Å². The van der Waals surface area contributed by atoms with Gasteiger partial charge in [0.15, 0.2) is 0 Å². The molecule has 0 spiro atoms. The van der Waals surface area contributed by atoms with Crippen LogP contribution in [0.2, 0.25) is 5.28 Å². The average molecular weight is 248 g/mol. The minimum Gasteiger partial charge on any atom is -0.340 e. The zero-order chi connectivity index (χ0) is 12.3. The van der Waals surface area contributed by atoms with E-state index >= 15 is 0 Å². The van der Waals surface area contributed by atoms with Crippen LogP contribution in [0.5, 0.6) is 0 Å². The van der Waals surface area contributed by atoms with Gasteiger partial charge in [-0.1, -0.05) is 19.1 Å². The monoisotopic (exact) mass is 247 g/mol. The lowest BCUT2D eigenvalue weighted by atomic mass is 10.1. The zero-order valence-corrected chi connectivity index (χ0v) is 10.6. The van der Waals surface area contributed by atoms with Crippen molar-refractivity contribution in [2.75, 3.05) is 5.32 Å². The summed E-state index contributed by atoms with van der Waals surface area (Å²) < 4.78 is 0. The minimum absolute atomic E-state index is 0.262. The summed E-state index contributed by atoms with van der Waals surface area (Å²) in [6, 6.07) is 10.1. The first-order valence-electron chi connectivity index (χ1n) is 5.54. The van der Waals surface area contributed by atoms with Crippen LogP contribution in [-0.2, 0) is 6.42 Å². The van der Waals surface area contributed by atoms with Crippen LogP contribution in [0.4, 0.5) is 11.5 Å². The van der Waals surface area contributed by atoms with E-state index in [4.69, 9.17) is 11.6 Å². The van der Waals surface area contributed by atoms with Crippen LogP contribution < -0.4 is 5.32 Å². The summed E-state index contributed by atoms with van der Waals surface area (Å²) in [7, 11) is 0. The smallest absolute Gasteiger partial charge is 0.224 e. The predicted molar refractivity (Wildman–Crippen MR) is 70.9 cm³/mol. The summed E-state index contributed by atoms with van der Waals surface area (Å²) in [4.78, 5) is 8.13. The molecule has 0 saturated carbocycles. The van der Waals surface area contributed by atoms with Crippen molar-refractivity contribution in [1.82, 2.24) is 9.97 Å². The molecular formula is C13H14ClN3. The van der Waals surface area contributed by atoms with E-state index in [1.54, 1.807) is 0 Å². The second-order valence-electron chi connectivity index (χ2n) is 3.84. The Morgan fingerprint density at radius 3 is 2.47 bits per heavy atom. The molecule has 0 amide bonds. The number of nitrogens with one attached hydrogen (secondary N) is 1. The first-order valence-corrected chi connectivity index (χ1v) is 5.92. The molecule has 0 unspecified atom stereocenters. The molecule has 88 valence electrons. The van der Waals surface area contributed by atoms with Crippen molar-refractivity contribution < 1.29 is 0 Å². The van der Waals surface area contributed by atoms with E-state index in [1.807, 2.05) is 25.1 Å². The van der Waals surface area contributed by atoms with Gasteiger partial charge in [0.05, 0.1) is 0 Å². The van der Waals surface area contributed by atoms with E-state index in [-0.39, 0.29) is 5.28 Å². The number of aryl methyl sites for hydroxylation is 2. The van der Waals surface area contributed by atoms with Crippen molar-refractivity contribution in [2.24, 2.45) is 0 Å². The number of nitrogens with zero attached hydrogens (tertiary/aromatic N) is 2. The van der Waals surface area contributed by atoms with Gasteiger partial charge in [-0.25, -0.2) is 9.97 Å². The Balaban J connectivity index is 2.19. The van der Waals surface area contributed by atoms with Crippen LogP contribution in [0, 0.1) is 6.92 Å². The fourth-order valence-electron chi connectivity index (χ4n) is 1.57. The molecule has 4 heteroatoms. The van der Waals surface area contributed by atoms with Crippen molar-refractivity contribution in [3.63, 3.8) is 0 Å². The van der Waals surface area contributed by atoms with Gasteiger partial charge in [0.25, 0.3) is 0 Å². The lowest BCUT2D eigenvalue weighted by molar-refractivity contribution is 1.10. The molecule has 0 atom stereocenters. The Labute approximate surface area is 106 Å². The van der Waals surface area contributed by atoms with Gasteiger partial charge in [0.2, 0.25) is 5.28 Å². The lowest BCUT2D eigenvalue weighted by Crippen LogP contribution is -1.96. The fourth-order valence-corrected chi connectivity index (χ4v) is 1.79. The Morgan fingerprint density at radius 1 is 1.18 bits per heavy atom. The second-order valence-corrected chi connectivity index (χ2v) is 4.18. The molecule has 0 bridgehead atoms. The zero-order valence-electron chi connectivity index (χ0n) is 9.87. The maximum atomic E-state index is 5.80. The quantitative estimate of drug-likeness (QED) is 0.840. The minimum atomic E-state index is 0.262. The summed E-state index contributed by atoms with van der Waals surface area (Å²) in [5, 5.41) is 3.46. The highest BCUT2D eigenvalue weighted by Gasteiger charge is 2.00. The first kappa shape index (κ1) is 11.9. The molecule has 1 aromatic heterocycles. The molecule has 1 heterocycles. The van der Waals surface area contributed by atoms with Crippen molar-refractivity contribution in [1.29, 1.82) is 0 Å². The summed E-state index contributed by atoms with van der Waals surface area (Å²) in [6.07, 6.45) is 1.04. The number of anilines is 2. The third kappa shape index (κ3) is 3.17. The summed E-state index contributed by atoms with van der Waals surface area (Å²) in [5.41, 5.74) is 3.15. The van der Waals surface area contributed by atoms with Crippen LogP contribution in [0.3, 0.4) is 0 Å². The number of aromatic nitrogens is 2. The van der Waals surface area contributed by atoms with Gasteiger partial charge in [-0.15, -0.1) is 0 Å². The third-order valence-corrected chi connectivity index (χ3v) is 2.63. The van der Waals surface area contributed by atoms with Crippen molar-refractivity contribution in [3.8, 4) is 0 Å². The van der Waals surface area contributed by atoms with E-state index < -0.39 is 0 Å². The predicted octanol–water partition coefficient (Wildman–Crippen LogP) is 3.74. The van der Waals surface area contributed by atoms with Crippen LogP contribution in [-0.4, -0.2) is 9.97 Å². The number of halogens is 1. The van der Waals surface area contributed by atoms with Crippen LogP contribution >= 0.6 is 11.6 Å². The largest absolute Gasteiger partial charge is 0.340 e. The normalized spacial score (nSPS) is 10.3. The van der Waals surface area contributed by atoms with Gasteiger partial charge in [-0.05, 0) is 42.6 Å². The Kier molecular flexibility index (Phi) is 3.59. The van der Waals surface area contributed by atoms with E-state index in [0.29, 0.717) is 5.82 Å². The lowest BCUT2D eigenvalue weighted by Gasteiger charge is -2.07. The molecule has 17 heavy (non-hydrogen) atoms. The van der Waals surface area contributed by atoms with Gasteiger partial charge in [0.1, 0.15) is 5.82 Å². The van der Waals surface area contributed by atoms with Gasteiger partial charge in [-0.2, -0.15) is 0 Å². The highest BCUT2D eigenvalue weighted by atomic mass is 35.5. The van der Waals surface area contributed by atoms with Crippen molar-refractivity contribution in [3.05, 3.63) is 46.9 Å². The topological polar surface area (TPSA) is 37.8 Å². The van der Waals surface area contributed by atoms with E-state index in [9.17, 15) is 0 Å². The molecule has 0 aliphatic heterocycles. The molecule has 0 fully saturated rings. The number of rotatable bonds is 3. The molecule has 0 aliphatic rings. The molecule has 3 nitrogen and oxygen atoms in total. The highest BCUT2D eigenvalue weighted by Crippen LogP contribution is 2.17. The maximum Gasteiger partial charge on any atom is 0.224 e. The summed E-state index contributed by atoms with van der Waals surface area (Å²) in [6.45, 7) is 4.02. The molecule has 2 rings (SSSR count). The van der Waals surface area contributed by atoms with Crippen molar-refractivity contribution >= 4 is 23.1 Å². The first-order chi connectivity index (χ1) is 8.17. The SMILES string of the molecule is CCc1ccc(Nc2cc(C)nc(Cl)n2)cc1. The van der Waals surface area contributed by atoms with E-state index in [0.717, 1.165) is 17.8 Å². The fraction of sp³-hybridized carbons (Fsp3) is 0.231. The molecular weight excluding hydrogens is 234 g/mol. The molecule has 1 aromatic carbocycles. The second kappa shape index (κ2) is 5.15. The van der Waals surface area contributed by atoms with Crippen LogP contribution in [0.25, 0.3) is 0 Å². The molecule has 1 N–H and O–H groups in total. The number of benzene rings is 1.